The first-order valence-corrected chi connectivity index (χ1v) is 16.4. The van der Waals surface area contributed by atoms with E-state index in [4.69, 9.17) is 0 Å². The van der Waals surface area contributed by atoms with Gasteiger partial charge in [-0.15, -0.1) is 0 Å². The Hall–Kier alpha value is -7.20. The van der Waals surface area contributed by atoms with Gasteiger partial charge in [-0.1, -0.05) is 72.8 Å². The second-order valence-electron chi connectivity index (χ2n) is 12.6. The van der Waals surface area contributed by atoms with Gasteiger partial charge in [-0.25, -0.2) is 0 Å². The van der Waals surface area contributed by atoms with E-state index in [9.17, 15) is 15.8 Å². The average molecular weight is 639 g/mol. The minimum absolute atomic E-state index is 0.133. The Kier molecular flexibility index (Phi) is 6.66. The lowest BCUT2D eigenvalue weighted by atomic mass is 9.81. The van der Waals surface area contributed by atoms with Gasteiger partial charge >= 0.3 is 0 Å². The first kappa shape index (κ1) is 29.0. The van der Waals surface area contributed by atoms with Crippen molar-refractivity contribution in [3.63, 3.8) is 0 Å². The number of pyridine rings is 1. The number of benzene rings is 5. The third kappa shape index (κ3) is 4.43. The number of hydrogen-bond donors (Lipinski definition) is 0. The minimum Gasteiger partial charge on any atom is -0.332 e. The van der Waals surface area contributed by atoms with Crippen LogP contribution in [-0.4, -0.2) is 14.1 Å². The van der Waals surface area contributed by atoms with Crippen LogP contribution in [0.3, 0.4) is 0 Å². The van der Waals surface area contributed by atoms with E-state index in [1.54, 1.807) is 0 Å². The Balaban J connectivity index is 1.19. The largest absolute Gasteiger partial charge is 0.332 e. The molecule has 0 fully saturated rings. The second-order valence-corrected chi connectivity index (χ2v) is 12.6. The van der Waals surface area contributed by atoms with E-state index in [2.05, 4.69) is 111 Å². The Labute approximate surface area is 287 Å². The highest BCUT2D eigenvalue weighted by atomic mass is 15.0. The van der Waals surface area contributed by atoms with E-state index < -0.39 is 0 Å². The molecule has 1 aliphatic carbocycles. The van der Waals surface area contributed by atoms with Crippen LogP contribution in [0.1, 0.15) is 28.7 Å². The molecule has 0 saturated heterocycles. The number of hydrogen-bond acceptors (Lipinski definition) is 4. The van der Waals surface area contributed by atoms with Gasteiger partial charge in [0, 0.05) is 56.6 Å². The second kappa shape index (κ2) is 11.5. The van der Waals surface area contributed by atoms with Crippen LogP contribution in [0.25, 0.3) is 60.4 Å². The monoisotopic (exact) mass is 638 g/mol. The third-order valence-electron chi connectivity index (χ3n) is 9.91. The van der Waals surface area contributed by atoms with Crippen molar-refractivity contribution in [1.29, 1.82) is 15.8 Å². The van der Waals surface area contributed by atoms with E-state index in [0.717, 1.165) is 66.0 Å². The molecule has 0 radical (unpaired) electrons. The van der Waals surface area contributed by atoms with Crippen molar-refractivity contribution in [2.24, 2.45) is 0 Å². The molecule has 1 aliphatic rings. The summed E-state index contributed by atoms with van der Waals surface area (Å²) < 4.78 is 4.51. The summed E-state index contributed by atoms with van der Waals surface area (Å²) in [7, 11) is 0. The molecule has 0 saturated carbocycles. The van der Waals surface area contributed by atoms with E-state index in [1.807, 2.05) is 67.0 Å². The van der Waals surface area contributed by atoms with Crippen molar-refractivity contribution >= 4 is 43.6 Å². The van der Waals surface area contributed by atoms with E-state index in [-0.39, 0.29) is 12.0 Å². The van der Waals surface area contributed by atoms with Gasteiger partial charge in [0.1, 0.15) is 0 Å². The summed E-state index contributed by atoms with van der Waals surface area (Å²) in [6.07, 6.45) is 9.87. The predicted molar refractivity (Wildman–Crippen MR) is 197 cm³/mol. The van der Waals surface area contributed by atoms with Crippen LogP contribution in [0.15, 0.2) is 151 Å². The molecule has 2 atom stereocenters. The van der Waals surface area contributed by atoms with Crippen LogP contribution in [0.5, 0.6) is 0 Å². The summed E-state index contributed by atoms with van der Waals surface area (Å²) in [5.74, 6) is -0.212. The lowest BCUT2D eigenvalue weighted by molar-refractivity contribution is 0.563. The van der Waals surface area contributed by atoms with Gasteiger partial charge in [-0.2, -0.15) is 15.8 Å². The first-order chi connectivity index (χ1) is 24.7. The summed E-state index contributed by atoms with van der Waals surface area (Å²) in [6.45, 7) is 0. The molecule has 6 nitrogen and oxygen atoms in total. The van der Waals surface area contributed by atoms with Crippen molar-refractivity contribution < 1.29 is 0 Å². The number of allylic oxidation sites excluding steroid dienone is 4. The highest BCUT2D eigenvalue weighted by Gasteiger charge is 2.31. The van der Waals surface area contributed by atoms with Gasteiger partial charge in [0.05, 0.1) is 51.9 Å². The van der Waals surface area contributed by atoms with Crippen LogP contribution < -0.4 is 0 Å². The fourth-order valence-corrected chi connectivity index (χ4v) is 7.73. The van der Waals surface area contributed by atoms with Gasteiger partial charge in [-0.05, 0) is 77.4 Å². The first-order valence-electron chi connectivity index (χ1n) is 16.4. The fourth-order valence-electron chi connectivity index (χ4n) is 7.73. The fraction of sp³-hybridized carbons (Fsp3) is 0.0455. The molecule has 2 unspecified atom stereocenters. The standard InChI is InChI=1S/C44H26N6/c45-24-28-15-17-40-37(20-28)36-16-14-29(25-46)21-43(36)49(40)34-10-4-7-31(23-34)30-6-3-8-32(22-30)44-33(26-47)9-5-13-42(44)50-39-12-2-1-11-35(39)38-27-48-19-18-41(38)50/h1-23,27,42,44H. The Morgan fingerprint density at radius 1 is 0.580 bits per heavy atom. The van der Waals surface area contributed by atoms with Crippen molar-refractivity contribution in [3.05, 3.63) is 168 Å². The summed E-state index contributed by atoms with van der Waals surface area (Å²) in [4.78, 5) is 4.43. The zero-order valence-electron chi connectivity index (χ0n) is 26.7. The van der Waals surface area contributed by atoms with Gasteiger partial charge in [-0.3, -0.25) is 4.98 Å². The van der Waals surface area contributed by atoms with E-state index in [1.165, 1.54) is 0 Å². The lowest BCUT2D eigenvalue weighted by Gasteiger charge is -2.30. The van der Waals surface area contributed by atoms with Crippen molar-refractivity contribution in [3.8, 4) is 35.0 Å². The molecule has 9 rings (SSSR count). The zero-order chi connectivity index (χ0) is 33.8. The summed E-state index contributed by atoms with van der Waals surface area (Å²) in [5.41, 5.74) is 9.97. The number of para-hydroxylation sites is 1. The summed E-state index contributed by atoms with van der Waals surface area (Å²) >= 11 is 0. The van der Waals surface area contributed by atoms with Crippen molar-refractivity contribution in [2.75, 3.05) is 0 Å². The van der Waals surface area contributed by atoms with Gasteiger partial charge in [0.25, 0.3) is 0 Å². The lowest BCUT2D eigenvalue weighted by Crippen LogP contribution is -2.20. The molecule has 50 heavy (non-hydrogen) atoms. The SMILES string of the molecule is N#CC1=CC=CC(n2c3ccccc3c3cnccc32)C1c1cccc(-c2cccc(-n3c4ccc(C#N)cc4c4ccc(C#N)cc43)c2)c1. The normalized spacial score (nSPS) is 15.6. The molecule has 3 heterocycles. The molecule has 3 aromatic heterocycles. The highest BCUT2D eigenvalue weighted by Crippen LogP contribution is 2.44. The Morgan fingerprint density at radius 3 is 2.20 bits per heavy atom. The number of nitrogens with zero attached hydrogens (tertiary/aromatic N) is 6. The maximum Gasteiger partial charge on any atom is 0.0992 e. The smallest absolute Gasteiger partial charge is 0.0992 e. The van der Waals surface area contributed by atoms with Crippen LogP contribution in [-0.2, 0) is 0 Å². The average Bonchev–Trinajstić information content (AvgIpc) is 3.69. The quantitative estimate of drug-likeness (QED) is 0.192. The molecule has 5 aromatic carbocycles. The van der Waals surface area contributed by atoms with E-state index >= 15 is 0 Å². The number of aromatic nitrogens is 3. The number of rotatable bonds is 4. The molecule has 232 valence electrons. The molecular formula is C44H26N6. The van der Waals surface area contributed by atoms with Crippen LogP contribution >= 0.6 is 0 Å². The molecule has 0 amide bonds. The van der Waals surface area contributed by atoms with Crippen LogP contribution in [0.4, 0.5) is 0 Å². The molecule has 6 heteroatoms. The zero-order valence-corrected chi connectivity index (χ0v) is 26.7. The van der Waals surface area contributed by atoms with Crippen LogP contribution in [0, 0.1) is 34.0 Å². The molecular weight excluding hydrogens is 613 g/mol. The molecule has 0 aliphatic heterocycles. The minimum atomic E-state index is -0.212. The number of nitriles is 3. The maximum absolute atomic E-state index is 10.4. The molecule has 8 aromatic rings. The summed E-state index contributed by atoms with van der Waals surface area (Å²) in [5, 5.41) is 33.9. The van der Waals surface area contributed by atoms with Crippen LogP contribution in [0.2, 0.25) is 0 Å². The van der Waals surface area contributed by atoms with E-state index in [0.29, 0.717) is 16.7 Å². The molecule has 0 N–H and O–H groups in total. The van der Waals surface area contributed by atoms with Gasteiger partial charge in [0.15, 0.2) is 0 Å². The van der Waals surface area contributed by atoms with Gasteiger partial charge in [0.2, 0.25) is 0 Å². The maximum atomic E-state index is 10.4. The molecule has 0 bridgehead atoms. The van der Waals surface area contributed by atoms with Gasteiger partial charge < -0.3 is 9.13 Å². The number of fused-ring (bicyclic) bond motifs is 6. The van der Waals surface area contributed by atoms with Crippen molar-refractivity contribution in [2.45, 2.75) is 12.0 Å². The third-order valence-corrected chi connectivity index (χ3v) is 9.91. The highest BCUT2D eigenvalue weighted by molar-refractivity contribution is 6.10. The Morgan fingerprint density at radius 2 is 1.34 bits per heavy atom. The predicted octanol–water partition coefficient (Wildman–Crippen LogP) is 10.0. The Bertz CT molecular complexity index is 2830. The van der Waals surface area contributed by atoms with Crippen molar-refractivity contribution in [1.82, 2.24) is 14.1 Å². The topological polar surface area (TPSA) is 94.1 Å². The molecule has 0 spiro atoms. The summed E-state index contributed by atoms with van der Waals surface area (Å²) in [6, 6.07) is 45.7.